The van der Waals surface area contributed by atoms with Crippen molar-refractivity contribution in [3.05, 3.63) is 65.5 Å². The first kappa shape index (κ1) is 24.1. The van der Waals surface area contributed by atoms with Gasteiger partial charge in [0.2, 0.25) is 16.0 Å². The minimum atomic E-state index is -3.72. The Balaban J connectivity index is 1.63. The molecule has 0 aliphatic carbocycles. The molecule has 0 saturated carbocycles. The maximum Gasteiger partial charge on any atom is 0.238 e. The van der Waals surface area contributed by atoms with Gasteiger partial charge in [0.1, 0.15) is 10.6 Å². The smallest absolute Gasteiger partial charge is 0.238 e. The number of fused-ring (bicyclic) bond motifs is 1. The molecule has 8 nitrogen and oxygen atoms in total. The van der Waals surface area contributed by atoms with Crippen LogP contribution in [0.2, 0.25) is 0 Å². The maximum atomic E-state index is 11.5. The van der Waals surface area contributed by atoms with Crippen molar-refractivity contribution < 1.29 is 8.42 Å². The minimum Gasteiger partial charge on any atom is -0.365 e. The Bertz CT molecular complexity index is 1350. The van der Waals surface area contributed by atoms with Crippen LogP contribution in [0.15, 0.2) is 64.9 Å². The highest BCUT2D eigenvalue weighted by Gasteiger charge is 2.16. The van der Waals surface area contributed by atoms with Gasteiger partial charge < -0.3 is 15.5 Å². The Morgan fingerprint density at radius 1 is 1.00 bits per heavy atom. The van der Waals surface area contributed by atoms with E-state index in [9.17, 15) is 8.42 Å². The summed E-state index contributed by atoms with van der Waals surface area (Å²) in [6.45, 7) is 2.22. The van der Waals surface area contributed by atoms with Crippen LogP contribution in [0.5, 0.6) is 0 Å². The van der Waals surface area contributed by atoms with E-state index in [2.05, 4.69) is 47.1 Å². The molecule has 0 radical (unpaired) electrons. The zero-order chi connectivity index (χ0) is 24.1. The molecule has 4 N–H and O–H groups in total. The fourth-order valence-electron chi connectivity index (χ4n) is 3.56. The first-order valence-electron chi connectivity index (χ1n) is 10.9. The molecule has 0 fully saturated rings. The number of nitrogens with zero attached hydrogens (tertiary/aromatic N) is 3. The van der Waals surface area contributed by atoms with E-state index in [1.54, 1.807) is 23.5 Å². The maximum absolute atomic E-state index is 11.5. The quantitative estimate of drug-likeness (QED) is 0.285. The Labute approximate surface area is 203 Å². The molecule has 0 atom stereocenters. The van der Waals surface area contributed by atoms with Gasteiger partial charge in [-0.2, -0.15) is 4.98 Å². The van der Waals surface area contributed by atoms with Gasteiger partial charge in [-0.3, -0.25) is 0 Å². The van der Waals surface area contributed by atoms with Crippen molar-refractivity contribution in [2.75, 3.05) is 37.8 Å². The molecule has 0 saturated heterocycles. The van der Waals surface area contributed by atoms with Gasteiger partial charge in [0.05, 0.1) is 10.3 Å². The summed E-state index contributed by atoms with van der Waals surface area (Å²) in [4.78, 5) is 12.7. The highest BCUT2D eigenvalue weighted by molar-refractivity contribution is 7.89. The minimum absolute atomic E-state index is 0.0917. The summed E-state index contributed by atoms with van der Waals surface area (Å²) in [6.07, 6.45) is 0.979. The number of nitrogens with one attached hydrogen (secondary N) is 2. The molecule has 0 amide bonds. The highest BCUT2D eigenvalue weighted by atomic mass is 32.2. The second-order valence-electron chi connectivity index (χ2n) is 8.22. The summed E-state index contributed by atoms with van der Waals surface area (Å²) in [5.41, 5.74) is 3.09. The van der Waals surface area contributed by atoms with Crippen LogP contribution in [0, 0.1) is 0 Å². The van der Waals surface area contributed by atoms with Crippen LogP contribution in [0.1, 0.15) is 12.0 Å². The van der Waals surface area contributed by atoms with Crippen molar-refractivity contribution in [3.8, 4) is 11.1 Å². The molecular weight excluding hydrogens is 468 g/mol. The molecule has 0 unspecified atom stereocenters. The molecule has 34 heavy (non-hydrogen) atoms. The number of sulfonamides is 1. The van der Waals surface area contributed by atoms with Crippen molar-refractivity contribution in [1.82, 2.24) is 14.9 Å². The van der Waals surface area contributed by atoms with Gasteiger partial charge in [-0.05, 0) is 50.3 Å². The molecule has 2 aromatic heterocycles. The average molecular weight is 497 g/mol. The molecule has 4 aromatic rings. The standard InChI is InChI=1S/C24H28N6O2S2/c1-30(2)14-6-13-26-24-28-22(27-15-17-9-11-19(12-10-17)34(25,31)32)21-20(16-33-23(21)29-24)18-7-4-3-5-8-18/h3-5,7-12,16H,6,13-15H2,1-2H3,(H2,25,31,32)(H2,26,27,28,29). The number of hydrogen-bond acceptors (Lipinski definition) is 8. The largest absolute Gasteiger partial charge is 0.365 e. The monoisotopic (exact) mass is 496 g/mol. The van der Waals surface area contributed by atoms with E-state index in [0.29, 0.717) is 12.5 Å². The highest BCUT2D eigenvalue weighted by Crippen LogP contribution is 2.37. The Kier molecular flexibility index (Phi) is 7.42. The summed E-state index contributed by atoms with van der Waals surface area (Å²) in [5.74, 6) is 1.32. The number of thiophene rings is 1. The summed E-state index contributed by atoms with van der Waals surface area (Å²) in [5, 5.41) is 15.1. The topological polar surface area (TPSA) is 113 Å². The van der Waals surface area contributed by atoms with Crippen LogP contribution >= 0.6 is 11.3 Å². The molecule has 0 aliphatic rings. The molecule has 178 valence electrons. The Hall–Kier alpha value is -3.05. The first-order valence-corrected chi connectivity index (χ1v) is 13.3. The van der Waals surface area contributed by atoms with Gasteiger partial charge >= 0.3 is 0 Å². The number of primary sulfonamides is 1. The van der Waals surface area contributed by atoms with Crippen molar-refractivity contribution in [2.24, 2.45) is 5.14 Å². The third-order valence-electron chi connectivity index (χ3n) is 5.30. The van der Waals surface area contributed by atoms with Crippen molar-refractivity contribution >= 4 is 43.3 Å². The van der Waals surface area contributed by atoms with Gasteiger partial charge in [0.15, 0.2) is 0 Å². The van der Waals surface area contributed by atoms with E-state index in [1.807, 2.05) is 18.2 Å². The van der Waals surface area contributed by atoms with Crippen LogP contribution in [0.25, 0.3) is 21.3 Å². The molecular formula is C24H28N6O2S2. The van der Waals surface area contributed by atoms with E-state index < -0.39 is 10.0 Å². The van der Waals surface area contributed by atoms with Crippen molar-refractivity contribution in [2.45, 2.75) is 17.9 Å². The Morgan fingerprint density at radius 2 is 1.74 bits per heavy atom. The van der Waals surface area contributed by atoms with E-state index >= 15 is 0 Å². The lowest BCUT2D eigenvalue weighted by Crippen LogP contribution is -2.17. The van der Waals surface area contributed by atoms with Crippen LogP contribution < -0.4 is 15.8 Å². The number of rotatable bonds is 10. The van der Waals surface area contributed by atoms with Crippen LogP contribution in [-0.2, 0) is 16.6 Å². The first-order chi connectivity index (χ1) is 16.3. The molecule has 0 bridgehead atoms. The molecule has 0 spiro atoms. The third kappa shape index (κ3) is 5.89. The van der Waals surface area contributed by atoms with Gasteiger partial charge in [0, 0.05) is 24.0 Å². The normalized spacial score (nSPS) is 11.8. The van der Waals surface area contributed by atoms with Crippen LogP contribution in [-0.4, -0.2) is 50.5 Å². The average Bonchev–Trinajstić information content (AvgIpc) is 3.25. The fourth-order valence-corrected chi connectivity index (χ4v) is 5.02. The zero-order valence-corrected chi connectivity index (χ0v) is 20.8. The number of benzene rings is 2. The van der Waals surface area contributed by atoms with Gasteiger partial charge in [0.25, 0.3) is 0 Å². The van der Waals surface area contributed by atoms with E-state index in [-0.39, 0.29) is 4.90 Å². The van der Waals surface area contributed by atoms with E-state index in [1.165, 1.54) is 12.1 Å². The van der Waals surface area contributed by atoms with Crippen LogP contribution in [0.3, 0.4) is 0 Å². The van der Waals surface area contributed by atoms with Crippen molar-refractivity contribution in [3.63, 3.8) is 0 Å². The van der Waals surface area contributed by atoms with Gasteiger partial charge in [-0.15, -0.1) is 11.3 Å². The zero-order valence-electron chi connectivity index (χ0n) is 19.2. The summed E-state index contributed by atoms with van der Waals surface area (Å²) in [6, 6.07) is 16.7. The summed E-state index contributed by atoms with van der Waals surface area (Å²) in [7, 11) is 0.387. The number of hydrogen-bond donors (Lipinski definition) is 3. The predicted molar refractivity (Wildman–Crippen MR) is 140 cm³/mol. The molecule has 2 heterocycles. The van der Waals surface area contributed by atoms with E-state index in [0.717, 1.165) is 52.2 Å². The fraction of sp³-hybridized carbons (Fsp3) is 0.250. The SMILES string of the molecule is CN(C)CCCNc1nc(NCc2ccc(S(N)(=O)=O)cc2)c2c(-c3ccccc3)csc2n1. The van der Waals surface area contributed by atoms with E-state index in [4.69, 9.17) is 15.1 Å². The molecule has 10 heteroatoms. The number of aromatic nitrogens is 2. The van der Waals surface area contributed by atoms with Gasteiger partial charge in [-0.25, -0.2) is 18.5 Å². The lowest BCUT2D eigenvalue weighted by atomic mass is 10.1. The second-order valence-corrected chi connectivity index (χ2v) is 10.6. The third-order valence-corrected chi connectivity index (χ3v) is 7.10. The Morgan fingerprint density at radius 3 is 2.41 bits per heavy atom. The lowest BCUT2D eigenvalue weighted by molar-refractivity contribution is 0.405. The van der Waals surface area contributed by atoms with Crippen LogP contribution in [0.4, 0.5) is 11.8 Å². The number of anilines is 2. The molecule has 2 aromatic carbocycles. The lowest BCUT2D eigenvalue weighted by Gasteiger charge is -2.13. The predicted octanol–water partition coefficient (Wildman–Crippen LogP) is 3.98. The summed E-state index contributed by atoms with van der Waals surface area (Å²) < 4.78 is 23.1. The van der Waals surface area contributed by atoms with Crippen molar-refractivity contribution in [1.29, 1.82) is 0 Å². The molecule has 0 aliphatic heterocycles. The van der Waals surface area contributed by atoms with Gasteiger partial charge in [-0.1, -0.05) is 42.5 Å². The number of nitrogens with two attached hydrogens (primary N) is 1. The summed E-state index contributed by atoms with van der Waals surface area (Å²) >= 11 is 1.59. The molecule has 4 rings (SSSR count). The second kappa shape index (κ2) is 10.5.